The molecule has 0 spiro atoms. The SMILES string of the molecule is CCN(CC(=O)Nc1cccc(S(=O)(=O)NC2=NCCC2)c1)CC(C)C(=O)OC. The van der Waals surface area contributed by atoms with Gasteiger partial charge >= 0.3 is 5.97 Å². The Labute approximate surface area is 171 Å². The highest BCUT2D eigenvalue weighted by molar-refractivity contribution is 7.90. The standard InChI is InChI=1S/C19H28N4O5S/c1-4-23(12-14(2)19(25)28-3)13-18(24)21-15-7-5-8-16(11-15)29(26,27)22-17-9-6-10-20-17/h5,7-8,11,14H,4,6,9-10,12-13H2,1-3H3,(H,20,22)(H,21,24). The van der Waals surface area contributed by atoms with Gasteiger partial charge in [-0.05, 0) is 31.2 Å². The molecule has 1 unspecified atom stereocenters. The van der Waals surface area contributed by atoms with E-state index in [1.165, 1.54) is 19.2 Å². The van der Waals surface area contributed by atoms with Crippen molar-refractivity contribution in [3.8, 4) is 0 Å². The number of sulfonamides is 1. The summed E-state index contributed by atoms with van der Waals surface area (Å²) in [5.41, 5.74) is 0.378. The predicted molar refractivity (Wildman–Crippen MR) is 110 cm³/mol. The Kier molecular flexibility index (Phi) is 8.15. The fourth-order valence-electron chi connectivity index (χ4n) is 2.95. The minimum atomic E-state index is -3.75. The van der Waals surface area contributed by atoms with Gasteiger partial charge in [0.25, 0.3) is 10.0 Å². The van der Waals surface area contributed by atoms with E-state index in [-0.39, 0.29) is 29.2 Å². The average molecular weight is 425 g/mol. The third-order valence-corrected chi connectivity index (χ3v) is 5.88. The first kappa shape index (κ1) is 22.8. The number of anilines is 1. The Morgan fingerprint density at radius 3 is 2.72 bits per heavy atom. The first-order valence-electron chi connectivity index (χ1n) is 9.51. The number of carbonyl (C=O) groups is 2. The molecule has 0 saturated carbocycles. The van der Waals surface area contributed by atoms with Crippen molar-refractivity contribution in [2.75, 3.05) is 38.6 Å². The molecule has 0 fully saturated rings. The second-order valence-electron chi connectivity index (χ2n) is 6.87. The van der Waals surface area contributed by atoms with Crippen LogP contribution in [0.1, 0.15) is 26.7 Å². The maximum atomic E-state index is 12.5. The van der Waals surface area contributed by atoms with Gasteiger partial charge in [0.1, 0.15) is 5.84 Å². The number of aliphatic imine (C=N–C) groups is 1. The van der Waals surface area contributed by atoms with E-state index < -0.39 is 10.0 Å². The molecule has 1 amide bonds. The zero-order chi connectivity index (χ0) is 21.4. The van der Waals surface area contributed by atoms with Crippen LogP contribution in [0.5, 0.6) is 0 Å². The largest absolute Gasteiger partial charge is 0.469 e. The van der Waals surface area contributed by atoms with Crippen LogP contribution in [0, 0.1) is 5.92 Å². The second kappa shape index (κ2) is 10.4. The van der Waals surface area contributed by atoms with Crippen LogP contribution < -0.4 is 10.0 Å². The lowest BCUT2D eigenvalue weighted by atomic mass is 10.1. The molecule has 29 heavy (non-hydrogen) atoms. The zero-order valence-corrected chi connectivity index (χ0v) is 17.8. The minimum Gasteiger partial charge on any atom is -0.469 e. The molecule has 1 aromatic carbocycles. The molecule has 2 rings (SSSR count). The van der Waals surface area contributed by atoms with Crippen LogP contribution >= 0.6 is 0 Å². The van der Waals surface area contributed by atoms with Gasteiger partial charge in [-0.15, -0.1) is 0 Å². The Hall–Kier alpha value is -2.46. The smallest absolute Gasteiger partial charge is 0.309 e. The lowest BCUT2D eigenvalue weighted by Gasteiger charge is -2.22. The number of methoxy groups -OCH3 is 1. The Morgan fingerprint density at radius 1 is 1.34 bits per heavy atom. The van der Waals surface area contributed by atoms with Crippen LogP contribution in [0.15, 0.2) is 34.2 Å². The van der Waals surface area contributed by atoms with E-state index in [4.69, 9.17) is 4.74 Å². The van der Waals surface area contributed by atoms with E-state index in [0.717, 1.165) is 6.42 Å². The molecule has 0 saturated heterocycles. The number of carbonyl (C=O) groups excluding carboxylic acids is 2. The number of benzene rings is 1. The summed E-state index contributed by atoms with van der Waals surface area (Å²) in [5, 5.41) is 2.71. The first-order chi connectivity index (χ1) is 13.7. The van der Waals surface area contributed by atoms with E-state index >= 15 is 0 Å². The Morgan fingerprint density at radius 2 is 2.10 bits per heavy atom. The van der Waals surface area contributed by atoms with Gasteiger partial charge in [-0.3, -0.25) is 24.2 Å². The first-order valence-corrected chi connectivity index (χ1v) is 11.0. The number of likely N-dealkylation sites (N-methyl/N-ethyl adjacent to an activating group) is 1. The number of nitrogens with one attached hydrogen (secondary N) is 2. The fraction of sp³-hybridized carbons (Fsp3) is 0.526. The van der Waals surface area contributed by atoms with Crippen molar-refractivity contribution >= 4 is 33.4 Å². The third kappa shape index (κ3) is 6.82. The predicted octanol–water partition coefficient (Wildman–Crippen LogP) is 1.23. The maximum Gasteiger partial charge on any atom is 0.309 e. The van der Waals surface area contributed by atoms with Crippen molar-refractivity contribution in [2.45, 2.75) is 31.6 Å². The maximum absolute atomic E-state index is 12.5. The molecule has 2 N–H and O–H groups in total. The van der Waals surface area contributed by atoms with Crippen LogP contribution in [0.4, 0.5) is 5.69 Å². The van der Waals surface area contributed by atoms with Crippen LogP contribution in [-0.2, 0) is 24.3 Å². The average Bonchev–Trinajstić information content (AvgIpc) is 3.19. The highest BCUT2D eigenvalue weighted by Crippen LogP contribution is 2.16. The summed E-state index contributed by atoms with van der Waals surface area (Å²) in [5.74, 6) is -0.531. The monoisotopic (exact) mass is 424 g/mol. The molecule has 1 atom stereocenters. The van der Waals surface area contributed by atoms with Crippen LogP contribution in [0.3, 0.4) is 0 Å². The molecular weight excluding hydrogens is 396 g/mol. The number of hydrogen-bond acceptors (Lipinski definition) is 7. The third-order valence-electron chi connectivity index (χ3n) is 4.50. The normalized spacial score (nSPS) is 15.0. The number of rotatable bonds is 9. The lowest BCUT2D eigenvalue weighted by molar-refractivity contribution is -0.145. The molecule has 10 heteroatoms. The molecule has 1 aliphatic rings. The van der Waals surface area contributed by atoms with Gasteiger partial charge in [0, 0.05) is 25.2 Å². The van der Waals surface area contributed by atoms with Crippen LogP contribution in [0.25, 0.3) is 0 Å². The minimum absolute atomic E-state index is 0.0524. The number of nitrogens with zero attached hydrogens (tertiary/aromatic N) is 2. The number of amides is 1. The summed E-state index contributed by atoms with van der Waals surface area (Å²) < 4.78 is 32.2. The quantitative estimate of drug-likeness (QED) is 0.576. The lowest BCUT2D eigenvalue weighted by Crippen LogP contribution is -2.38. The van der Waals surface area contributed by atoms with Crippen molar-refractivity contribution in [3.63, 3.8) is 0 Å². The topological polar surface area (TPSA) is 117 Å². The van der Waals surface area contributed by atoms with Gasteiger partial charge in [-0.1, -0.05) is 19.9 Å². The summed E-state index contributed by atoms with van der Waals surface area (Å²) in [7, 11) is -2.42. The molecule has 9 nitrogen and oxygen atoms in total. The Balaban J connectivity index is 1.99. The van der Waals surface area contributed by atoms with Crippen LogP contribution in [-0.4, -0.2) is 64.3 Å². The van der Waals surface area contributed by atoms with Crippen molar-refractivity contribution < 1.29 is 22.7 Å². The fourth-order valence-corrected chi connectivity index (χ4v) is 4.08. The van der Waals surface area contributed by atoms with Gasteiger partial charge in [-0.25, -0.2) is 8.42 Å². The number of ether oxygens (including phenoxy) is 1. The Bertz CT molecular complexity index is 869. The molecule has 160 valence electrons. The molecule has 1 heterocycles. The van der Waals surface area contributed by atoms with Gasteiger partial charge in [0.15, 0.2) is 0 Å². The second-order valence-corrected chi connectivity index (χ2v) is 8.55. The summed E-state index contributed by atoms with van der Waals surface area (Å²) >= 11 is 0. The molecule has 0 bridgehead atoms. The van der Waals surface area contributed by atoms with Crippen molar-refractivity contribution in [1.29, 1.82) is 0 Å². The summed E-state index contributed by atoms with van der Waals surface area (Å²) in [6, 6.07) is 6.06. The molecule has 0 aromatic heterocycles. The highest BCUT2D eigenvalue weighted by atomic mass is 32.2. The van der Waals surface area contributed by atoms with E-state index in [1.54, 1.807) is 19.1 Å². The zero-order valence-electron chi connectivity index (χ0n) is 17.0. The molecule has 0 radical (unpaired) electrons. The molecule has 0 aliphatic carbocycles. The van der Waals surface area contributed by atoms with Crippen molar-refractivity contribution in [2.24, 2.45) is 10.9 Å². The van der Waals surface area contributed by atoms with Gasteiger partial charge in [0.05, 0.1) is 24.5 Å². The van der Waals surface area contributed by atoms with E-state index in [9.17, 15) is 18.0 Å². The van der Waals surface area contributed by atoms with E-state index in [1.807, 2.05) is 11.8 Å². The molecular formula is C19H28N4O5S. The number of esters is 1. The van der Waals surface area contributed by atoms with Gasteiger partial charge in [0.2, 0.25) is 5.91 Å². The van der Waals surface area contributed by atoms with Crippen LogP contribution in [0.2, 0.25) is 0 Å². The molecule has 1 aliphatic heterocycles. The van der Waals surface area contributed by atoms with Crippen molar-refractivity contribution in [1.82, 2.24) is 9.62 Å². The van der Waals surface area contributed by atoms with Crippen molar-refractivity contribution in [3.05, 3.63) is 24.3 Å². The number of amidine groups is 1. The molecule has 1 aromatic rings. The van der Waals surface area contributed by atoms with Gasteiger partial charge < -0.3 is 10.1 Å². The van der Waals surface area contributed by atoms with Gasteiger partial charge in [-0.2, -0.15) is 0 Å². The summed E-state index contributed by atoms with van der Waals surface area (Å²) in [4.78, 5) is 30.0. The highest BCUT2D eigenvalue weighted by Gasteiger charge is 2.20. The summed E-state index contributed by atoms with van der Waals surface area (Å²) in [6.45, 7) is 5.29. The summed E-state index contributed by atoms with van der Waals surface area (Å²) in [6.07, 6.45) is 1.43. The number of hydrogen-bond donors (Lipinski definition) is 2. The van der Waals surface area contributed by atoms with E-state index in [2.05, 4.69) is 15.0 Å². The van der Waals surface area contributed by atoms with E-state index in [0.29, 0.717) is 37.6 Å².